The second-order valence-corrected chi connectivity index (χ2v) is 6.35. The van der Waals surface area contributed by atoms with E-state index in [9.17, 15) is 0 Å². The zero-order chi connectivity index (χ0) is 18.4. The number of rotatable bonds is 7. The van der Waals surface area contributed by atoms with Gasteiger partial charge in [0.05, 0.1) is 5.69 Å². The summed E-state index contributed by atoms with van der Waals surface area (Å²) in [7, 11) is 0. The Bertz CT molecular complexity index is 871. The highest BCUT2D eigenvalue weighted by molar-refractivity contribution is 6.30. The Balaban J connectivity index is 1.95. The molecule has 0 unspecified atom stereocenters. The summed E-state index contributed by atoms with van der Waals surface area (Å²) in [6, 6.07) is 17.5. The van der Waals surface area contributed by atoms with Crippen molar-refractivity contribution >= 4 is 29.1 Å². The number of nitrogens with one attached hydrogen (secondary N) is 2. The summed E-state index contributed by atoms with van der Waals surface area (Å²) in [5, 5.41) is 16.1. The standard InChI is InChI=1S/C20H21ClN4O/c1-14-8-9-16(21)12-17(14)23-19-13-18(15-6-3-2-4-7-15)24-20(25-19)22-10-5-11-26/h2-4,6-9,12-13,26H,5,10-11H2,1H3,(H2,22,23,24,25). The number of aliphatic hydroxyl groups is 1. The predicted octanol–water partition coefficient (Wildman–Crippen LogP) is 4.64. The number of halogens is 1. The van der Waals surface area contributed by atoms with Gasteiger partial charge in [0.25, 0.3) is 0 Å². The monoisotopic (exact) mass is 368 g/mol. The minimum absolute atomic E-state index is 0.123. The van der Waals surface area contributed by atoms with E-state index in [1.807, 2.05) is 61.5 Å². The Kier molecular flexibility index (Phi) is 6.04. The van der Waals surface area contributed by atoms with Crippen LogP contribution in [0, 0.1) is 6.92 Å². The van der Waals surface area contributed by atoms with Gasteiger partial charge in [-0.15, -0.1) is 0 Å². The molecule has 0 radical (unpaired) electrons. The van der Waals surface area contributed by atoms with E-state index >= 15 is 0 Å². The summed E-state index contributed by atoms with van der Waals surface area (Å²) in [6.07, 6.45) is 0.634. The number of nitrogens with zero attached hydrogens (tertiary/aromatic N) is 2. The quantitative estimate of drug-likeness (QED) is 0.530. The van der Waals surface area contributed by atoms with Gasteiger partial charge in [0, 0.05) is 35.5 Å². The second kappa shape index (κ2) is 8.65. The molecule has 6 heteroatoms. The molecule has 3 aromatic rings. The first-order chi connectivity index (χ1) is 12.7. The van der Waals surface area contributed by atoms with E-state index in [4.69, 9.17) is 16.7 Å². The summed E-state index contributed by atoms with van der Waals surface area (Å²) < 4.78 is 0. The van der Waals surface area contributed by atoms with E-state index in [1.165, 1.54) is 0 Å². The maximum Gasteiger partial charge on any atom is 0.225 e. The van der Waals surface area contributed by atoms with Crippen LogP contribution in [0.5, 0.6) is 0 Å². The van der Waals surface area contributed by atoms with Crippen LogP contribution in [0.1, 0.15) is 12.0 Å². The molecule has 0 aliphatic carbocycles. The molecule has 0 atom stereocenters. The van der Waals surface area contributed by atoms with Crippen LogP contribution in [0.4, 0.5) is 17.5 Å². The summed E-state index contributed by atoms with van der Waals surface area (Å²) in [5.74, 6) is 1.19. The van der Waals surface area contributed by atoms with E-state index < -0.39 is 0 Å². The fourth-order valence-corrected chi connectivity index (χ4v) is 2.67. The van der Waals surface area contributed by atoms with Gasteiger partial charge in [0.15, 0.2) is 0 Å². The molecule has 0 amide bonds. The van der Waals surface area contributed by atoms with Gasteiger partial charge in [0.2, 0.25) is 5.95 Å². The lowest BCUT2D eigenvalue weighted by atomic mass is 10.1. The molecule has 134 valence electrons. The predicted molar refractivity (Wildman–Crippen MR) is 107 cm³/mol. The third kappa shape index (κ3) is 4.71. The molecule has 5 nitrogen and oxygen atoms in total. The molecule has 0 saturated carbocycles. The van der Waals surface area contributed by atoms with Crippen molar-refractivity contribution in [1.82, 2.24) is 9.97 Å². The van der Waals surface area contributed by atoms with Crippen molar-refractivity contribution in [2.45, 2.75) is 13.3 Å². The van der Waals surface area contributed by atoms with Crippen molar-refractivity contribution in [3.8, 4) is 11.3 Å². The van der Waals surface area contributed by atoms with Crippen LogP contribution in [0.15, 0.2) is 54.6 Å². The largest absolute Gasteiger partial charge is 0.396 e. The average Bonchev–Trinajstić information content (AvgIpc) is 2.65. The number of hydrogen-bond acceptors (Lipinski definition) is 5. The Labute approximate surface area is 158 Å². The molecule has 0 saturated heterocycles. The van der Waals surface area contributed by atoms with Crippen molar-refractivity contribution < 1.29 is 5.11 Å². The van der Waals surface area contributed by atoms with Crippen molar-refractivity contribution in [3.05, 3.63) is 65.2 Å². The van der Waals surface area contributed by atoms with E-state index in [0.717, 1.165) is 22.5 Å². The van der Waals surface area contributed by atoms with Crippen molar-refractivity contribution in [1.29, 1.82) is 0 Å². The lowest BCUT2D eigenvalue weighted by Gasteiger charge is -2.13. The van der Waals surface area contributed by atoms with Crippen LogP contribution in [0.3, 0.4) is 0 Å². The maximum absolute atomic E-state index is 8.98. The summed E-state index contributed by atoms with van der Waals surface area (Å²) in [6.45, 7) is 2.74. The molecule has 0 fully saturated rings. The number of anilines is 3. The zero-order valence-electron chi connectivity index (χ0n) is 14.5. The van der Waals surface area contributed by atoms with Crippen molar-refractivity contribution in [2.75, 3.05) is 23.8 Å². The van der Waals surface area contributed by atoms with Crippen LogP contribution in [0.25, 0.3) is 11.3 Å². The Morgan fingerprint density at radius 2 is 1.85 bits per heavy atom. The molecule has 3 N–H and O–H groups in total. The molecule has 1 aromatic heterocycles. The first-order valence-electron chi connectivity index (χ1n) is 8.48. The van der Waals surface area contributed by atoms with Crippen LogP contribution in [-0.2, 0) is 0 Å². The number of hydrogen-bond donors (Lipinski definition) is 3. The topological polar surface area (TPSA) is 70.1 Å². The van der Waals surface area contributed by atoms with Crippen molar-refractivity contribution in [2.24, 2.45) is 0 Å². The molecule has 2 aromatic carbocycles. The van der Waals surface area contributed by atoms with Gasteiger partial charge >= 0.3 is 0 Å². The molecule has 1 heterocycles. The molecule has 26 heavy (non-hydrogen) atoms. The van der Waals surface area contributed by atoms with Gasteiger partial charge in [-0.1, -0.05) is 48.0 Å². The fourth-order valence-electron chi connectivity index (χ4n) is 2.49. The molecule has 0 bridgehead atoms. The third-order valence-corrected chi connectivity index (χ3v) is 4.11. The van der Waals surface area contributed by atoms with E-state index in [2.05, 4.69) is 20.6 Å². The van der Waals surface area contributed by atoms with E-state index in [-0.39, 0.29) is 6.61 Å². The Hall–Kier alpha value is -2.63. The molecule has 0 spiro atoms. The minimum atomic E-state index is 0.123. The van der Waals surface area contributed by atoms with Gasteiger partial charge in [-0.3, -0.25) is 0 Å². The number of aryl methyl sites for hydroxylation is 1. The molecule has 3 rings (SSSR count). The van der Waals surface area contributed by atoms with Crippen LogP contribution in [-0.4, -0.2) is 28.2 Å². The number of aromatic nitrogens is 2. The highest BCUT2D eigenvalue weighted by Crippen LogP contribution is 2.26. The minimum Gasteiger partial charge on any atom is -0.396 e. The zero-order valence-corrected chi connectivity index (χ0v) is 15.3. The Morgan fingerprint density at radius 3 is 2.62 bits per heavy atom. The van der Waals surface area contributed by atoms with Crippen molar-refractivity contribution in [3.63, 3.8) is 0 Å². The maximum atomic E-state index is 8.98. The number of aliphatic hydroxyl groups excluding tert-OH is 1. The van der Waals surface area contributed by atoms with E-state index in [1.54, 1.807) is 0 Å². The smallest absolute Gasteiger partial charge is 0.225 e. The van der Waals surface area contributed by atoms with Crippen LogP contribution < -0.4 is 10.6 Å². The Morgan fingerprint density at radius 1 is 1.04 bits per heavy atom. The SMILES string of the molecule is Cc1ccc(Cl)cc1Nc1cc(-c2ccccc2)nc(NCCCO)n1. The van der Waals surface area contributed by atoms with Crippen LogP contribution >= 0.6 is 11.6 Å². The second-order valence-electron chi connectivity index (χ2n) is 5.92. The highest BCUT2D eigenvalue weighted by Gasteiger charge is 2.08. The van der Waals surface area contributed by atoms with Gasteiger partial charge in [-0.05, 0) is 31.0 Å². The fraction of sp³-hybridized carbons (Fsp3) is 0.200. The third-order valence-electron chi connectivity index (χ3n) is 3.88. The molecule has 0 aliphatic heterocycles. The van der Waals surface area contributed by atoms with Gasteiger partial charge < -0.3 is 15.7 Å². The van der Waals surface area contributed by atoms with Gasteiger partial charge in [0.1, 0.15) is 5.82 Å². The average molecular weight is 369 g/mol. The van der Waals surface area contributed by atoms with Crippen LogP contribution in [0.2, 0.25) is 5.02 Å². The first kappa shape index (κ1) is 18.2. The summed E-state index contributed by atoms with van der Waals surface area (Å²) >= 11 is 6.12. The molecular formula is C20H21ClN4O. The first-order valence-corrected chi connectivity index (χ1v) is 8.86. The van der Waals surface area contributed by atoms with Gasteiger partial charge in [-0.2, -0.15) is 4.98 Å². The normalized spacial score (nSPS) is 10.6. The van der Waals surface area contributed by atoms with E-state index in [0.29, 0.717) is 29.8 Å². The lowest BCUT2D eigenvalue weighted by Crippen LogP contribution is -2.09. The summed E-state index contributed by atoms with van der Waals surface area (Å²) in [4.78, 5) is 9.13. The molecule has 0 aliphatic rings. The summed E-state index contributed by atoms with van der Waals surface area (Å²) in [5.41, 5.74) is 3.79. The lowest BCUT2D eigenvalue weighted by molar-refractivity contribution is 0.292. The van der Waals surface area contributed by atoms with Gasteiger partial charge in [-0.25, -0.2) is 4.98 Å². The highest BCUT2D eigenvalue weighted by atomic mass is 35.5. The molecular weight excluding hydrogens is 348 g/mol. The number of benzene rings is 2.